The summed E-state index contributed by atoms with van der Waals surface area (Å²) in [5.74, 6) is 1.84. The quantitative estimate of drug-likeness (QED) is 0.864. The van der Waals surface area contributed by atoms with Crippen LogP contribution in [0.1, 0.15) is 12.0 Å². The van der Waals surface area contributed by atoms with Crippen LogP contribution in [0.2, 0.25) is 0 Å². The molecule has 0 aliphatic carbocycles. The molecule has 2 fully saturated rings. The molecule has 106 valence electrons. The topological polar surface area (TPSA) is 15.3 Å². The molecule has 2 saturated heterocycles. The molecule has 0 radical (unpaired) electrons. The van der Waals surface area contributed by atoms with Crippen molar-refractivity contribution in [3.63, 3.8) is 0 Å². The second-order valence-corrected chi connectivity index (χ2v) is 6.43. The highest BCUT2D eigenvalue weighted by molar-refractivity contribution is 7.98. The fourth-order valence-corrected chi connectivity index (χ4v) is 3.65. The average Bonchev–Trinajstić information content (AvgIpc) is 2.87. The molecule has 3 rings (SSSR count). The lowest BCUT2D eigenvalue weighted by Crippen LogP contribution is -2.39. The van der Waals surface area contributed by atoms with Crippen molar-refractivity contribution in [2.24, 2.45) is 11.8 Å². The predicted octanol–water partition coefficient (Wildman–Crippen LogP) is 2.87. The first-order chi connectivity index (χ1) is 8.85. The zero-order valence-electron chi connectivity index (χ0n) is 11.5. The molecule has 2 heterocycles. The van der Waals surface area contributed by atoms with Crippen LogP contribution in [0, 0.1) is 11.8 Å². The minimum atomic E-state index is 0. The first kappa shape index (κ1) is 15.2. The van der Waals surface area contributed by atoms with Crippen LogP contribution in [-0.4, -0.2) is 37.3 Å². The Morgan fingerprint density at radius 1 is 1.21 bits per heavy atom. The van der Waals surface area contributed by atoms with Gasteiger partial charge in [-0.25, -0.2) is 0 Å². The van der Waals surface area contributed by atoms with Gasteiger partial charge in [0.1, 0.15) is 0 Å². The molecule has 1 N–H and O–H groups in total. The molecule has 0 amide bonds. The molecule has 2 nitrogen and oxygen atoms in total. The lowest BCUT2D eigenvalue weighted by atomic mass is 9.88. The van der Waals surface area contributed by atoms with Crippen molar-refractivity contribution in [2.75, 3.05) is 32.4 Å². The molecule has 4 heteroatoms. The molecule has 1 aromatic carbocycles. The number of hydrogen-bond acceptors (Lipinski definition) is 3. The lowest BCUT2D eigenvalue weighted by molar-refractivity contribution is 0.142. The predicted molar refractivity (Wildman–Crippen MR) is 85.2 cm³/mol. The Morgan fingerprint density at radius 2 is 1.95 bits per heavy atom. The second-order valence-electron chi connectivity index (χ2n) is 5.55. The molecule has 0 saturated carbocycles. The summed E-state index contributed by atoms with van der Waals surface area (Å²) >= 11 is 1.81. The summed E-state index contributed by atoms with van der Waals surface area (Å²) in [6.45, 7) is 6.15. The van der Waals surface area contributed by atoms with Crippen molar-refractivity contribution in [3.8, 4) is 0 Å². The van der Waals surface area contributed by atoms with E-state index in [0.29, 0.717) is 0 Å². The maximum absolute atomic E-state index is 3.53. The van der Waals surface area contributed by atoms with E-state index in [9.17, 15) is 0 Å². The largest absolute Gasteiger partial charge is 0.316 e. The van der Waals surface area contributed by atoms with Crippen molar-refractivity contribution >= 4 is 24.2 Å². The Balaban J connectivity index is 0.00000133. The normalized spacial score (nSPS) is 26.8. The van der Waals surface area contributed by atoms with Crippen LogP contribution in [0.15, 0.2) is 29.2 Å². The Kier molecular flexibility index (Phi) is 5.58. The summed E-state index contributed by atoms with van der Waals surface area (Å²) in [5.41, 5.74) is 1.46. The summed E-state index contributed by atoms with van der Waals surface area (Å²) in [6, 6.07) is 9.05. The number of piperidine rings is 1. The third-order valence-electron chi connectivity index (χ3n) is 4.35. The van der Waals surface area contributed by atoms with Crippen LogP contribution in [0.3, 0.4) is 0 Å². The van der Waals surface area contributed by atoms with Gasteiger partial charge in [0.05, 0.1) is 0 Å². The monoisotopic (exact) mass is 298 g/mol. The zero-order chi connectivity index (χ0) is 12.4. The van der Waals surface area contributed by atoms with E-state index in [1.165, 1.54) is 43.1 Å². The number of rotatable bonds is 3. The van der Waals surface area contributed by atoms with Crippen LogP contribution in [0.4, 0.5) is 0 Å². The molecule has 2 aliphatic rings. The number of halogens is 1. The van der Waals surface area contributed by atoms with Gasteiger partial charge >= 0.3 is 0 Å². The molecule has 2 atom stereocenters. The van der Waals surface area contributed by atoms with Crippen LogP contribution < -0.4 is 5.32 Å². The van der Waals surface area contributed by atoms with E-state index >= 15 is 0 Å². The minimum Gasteiger partial charge on any atom is -0.316 e. The van der Waals surface area contributed by atoms with Crippen molar-refractivity contribution in [1.29, 1.82) is 0 Å². The van der Waals surface area contributed by atoms with E-state index in [2.05, 4.69) is 40.7 Å². The minimum absolute atomic E-state index is 0. The molecule has 19 heavy (non-hydrogen) atoms. The average molecular weight is 299 g/mol. The van der Waals surface area contributed by atoms with E-state index in [4.69, 9.17) is 0 Å². The number of hydrogen-bond donors (Lipinski definition) is 1. The molecule has 2 unspecified atom stereocenters. The van der Waals surface area contributed by atoms with Crippen LogP contribution >= 0.6 is 24.2 Å². The number of likely N-dealkylation sites (tertiary alicyclic amines) is 1. The Labute approximate surface area is 126 Å². The zero-order valence-corrected chi connectivity index (χ0v) is 13.1. The maximum Gasteiger partial charge on any atom is 0.0233 e. The van der Waals surface area contributed by atoms with Gasteiger partial charge in [0.2, 0.25) is 0 Å². The summed E-state index contributed by atoms with van der Waals surface area (Å²) < 4.78 is 0. The Morgan fingerprint density at radius 3 is 2.68 bits per heavy atom. The lowest BCUT2D eigenvalue weighted by Gasteiger charge is -2.34. The Hall–Kier alpha value is -0.220. The van der Waals surface area contributed by atoms with Crippen molar-refractivity contribution in [1.82, 2.24) is 10.2 Å². The Bertz CT molecular complexity index is 396. The van der Waals surface area contributed by atoms with Crippen LogP contribution in [0.25, 0.3) is 0 Å². The van der Waals surface area contributed by atoms with E-state index in [1.807, 2.05) is 11.8 Å². The number of thioether (sulfide) groups is 1. The van der Waals surface area contributed by atoms with E-state index in [-0.39, 0.29) is 12.4 Å². The third-order valence-corrected chi connectivity index (χ3v) is 5.10. The number of benzene rings is 1. The smallest absolute Gasteiger partial charge is 0.0233 e. The molecule has 0 bridgehead atoms. The summed E-state index contributed by atoms with van der Waals surface area (Å²) in [6.07, 6.45) is 3.51. The van der Waals surface area contributed by atoms with Gasteiger partial charge in [-0.05, 0) is 61.8 Å². The molecular formula is C15H23ClN2S. The molecule has 2 aliphatic heterocycles. The van der Waals surface area contributed by atoms with Crippen LogP contribution in [0.5, 0.6) is 0 Å². The standard InChI is InChI=1S/C15H22N2S.ClH/c1-18-15-4-2-12(3-5-15)10-17-7-6-13-8-16-9-14(13)11-17;/h2-5,13-14,16H,6-11H2,1H3;1H. The van der Waals surface area contributed by atoms with Crippen molar-refractivity contribution in [3.05, 3.63) is 29.8 Å². The van der Waals surface area contributed by atoms with Gasteiger partial charge in [0, 0.05) is 18.0 Å². The van der Waals surface area contributed by atoms with Gasteiger partial charge in [-0.3, -0.25) is 4.90 Å². The number of nitrogens with one attached hydrogen (secondary N) is 1. The van der Waals surface area contributed by atoms with Gasteiger partial charge in [-0.15, -0.1) is 24.2 Å². The van der Waals surface area contributed by atoms with Gasteiger partial charge in [-0.2, -0.15) is 0 Å². The van der Waals surface area contributed by atoms with Crippen molar-refractivity contribution in [2.45, 2.75) is 17.9 Å². The third kappa shape index (κ3) is 3.66. The van der Waals surface area contributed by atoms with E-state index in [0.717, 1.165) is 18.4 Å². The van der Waals surface area contributed by atoms with Gasteiger partial charge in [0.15, 0.2) is 0 Å². The first-order valence-corrected chi connectivity index (χ1v) is 8.13. The van der Waals surface area contributed by atoms with Gasteiger partial charge in [-0.1, -0.05) is 12.1 Å². The highest BCUT2D eigenvalue weighted by Gasteiger charge is 2.32. The summed E-state index contributed by atoms with van der Waals surface area (Å²) in [4.78, 5) is 3.99. The fourth-order valence-electron chi connectivity index (χ4n) is 3.24. The highest BCUT2D eigenvalue weighted by atomic mass is 35.5. The van der Waals surface area contributed by atoms with E-state index in [1.54, 1.807) is 0 Å². The van der Waals surface area contributed by atoms with Crippen LogP contribution in [-0.2, 0) is 6.54 Å². The molecule has 0 spiro atoms. The second kappa shape index (κ2) is 6.98. The maximum atomic E-state index is 3.53. The molecule has 0 aromatic heterocycles. The highest BCUT2D eigenvalue weighted by Crippen LogP contribution is 2.27. The number of fused-ring (bicyclic) bond motifs is 1. The SMILES string of the molecule is CSc1ccc(CN2CCC3CNCC3C2)cc1.Cl. The van der Waals surface area contributed by atoms with Gasteiger partial charge < -0.3 is 5.32 Å². The summed E-state index contributed by atoms with van der Waals surface area (Å²) in [7, 11) is 0. The molecular weight excluding hydrogens is 276 g/mol. The first-order valence-electron chi connectivity index (χ1n) is 6.91. The van der Waals surface area contributed by atoms with Gasteiger partial charge in [0.25, 0.3) is 0 Å². The van der Waals surface area contributed by atoms with E-state index < -0.39 is 0 Å². The molecule has 1 aromatic rings. The summed E-state index contributed by atoms with van der Waals surface area (Å²) in [5, 5.41) is 3.53. The number of nitrogens with zero attached hydrogens (tertiary/aromatic N) is 1. The van der Waals surface area contributed by atoms with Crippen molar-refractivity contribution < 1.29 is 0 Å². The fraction of sp³-hybridized carbons (Fsp3) is 0.600.